The molecule has 0 aromatic heterocycles. The minimum Gasteiger partial charge on any atom is -0.493 e. The summed E-state index contributed by atoms with van der Waals surface area (Å²) in [6.45, 7) is 4.49. The lowest BCUT2D eigenvalue weighted by Crippen LogP contribution is -2.45. The molecule has 2 N–H and O–H groups in total. The number of halogens is 1. The zero-order valence-corrected chi connectivity index (χ0v) is 18.0. The van der Waals surface area contributed by atoms with Crippen molar-refractivity contribution in [3.8, 4) is 23.8 Å². The fraction of sp³-hybridized carbons (Fsp3) is 0.526. The first-order valence-corrected chi connectivity index (χ1v) is 8.42. The summed E-state index contributed by atoms with van der Waals surface area (Å²) in [6, 6.07) is 5.76. The number of methoxy groups -OCH3 is 1. The second-order valence-electron chi connectivity index (χ2n) is 6.16. The van der Waals surface area contributed by atoms with Gasteiger partial charge in [-0.3, -0.25) is 4.99 Å². The molecule has 0 saturated carbocycles. The van der Waals surface area contributed by atoms with E-state index in [1.165, 1.54) is 0 Å². The van der Waals surface area contributed by atoms with Gasteiger partial charge in [-0.05, 0) is 37.5 Å². The number of nitrogens with zero attached hydrogens (tertiary/aromatic N) is 1. The Kier molecular flexibility index (Phi) is 9.59. The van der Waals surface area contributed by atoms with Gasteiger partial charge in [0.2, 0.25) is 0 Å². The second kappa shape index (κ2) is 11.1. The summed E-state index contributed by atoms with van der Waals surface area (Å²) >= 11 is 0. The SMILES string of the molecule is C#CCOc1cc(CNC(=NC)NCC2(C)CCCO2)ccc1OC.I. The van der Waals surface area contributed by atoms with Crippen molar-refractivity contribution in [3.63, 3.8) is 0 Å². The molecule has 0 spiro atoms. The highest BCUT2D eigenvalue weighted by atomic mass is 127. The minimum atomic E-state index is -0.117. The van der Waals surface area contributed by atoms with E-state index in [0.29, 0.717) is 18.0 Å². The number of hydrogen-bond acceptors (Lipinski definition) is 4. The first kappa shape index (κ1) is 22.4. The fourth-order valence-corrected chi connectivity index (χ4v) is 2.72. The molecule has 0 radical (unpaired) electrons. The number of terminal acetylenes is 1. The zero-order chi connectivity index (χ0) is 18.1. The van der Waals surface area contributed by atoms with Gasteiger partial charge in [-0.2, -0.15) is 0 Å². The number of guanidine groups is 1. The Balaban J connectivity index is 0.00000338. The van der Waals surface area contributed by atoms with Crippen LogP contribution in [0.4, 0.5) is 0 Å². The Bertz CT molecular complexity index is 637. The molecule has 1 heterocycles. The summed E-state index contributed by atoms with van der Waals surface area (Å²) in [5.41, 5.74) is 0.924. The van der Waals surface area contributed by atoms with Crippen LogP contribution in [0.1, 0.15) is 25.3 Å². The van der Waals surface area contributed by atoms with Crippen molar-refractivity contribution < 1.29 is 14.2 Å². The molecule has 1 saturated heterocycles. The van der Waals surface area contributed by atoms with E-state index >= 15 is 0 Å². The normalized spacial score (nSPS) is 19.2. The molecular weight excluding hydrogens is 445 g/mol. The molecule has 144 valence electrons. The van der Waals surface area contributed by atoms with Gasteiger partial charge >= 0.3 is 0 Å². The van der Waals surface area contributed by atoms with E-state index < -0.39 is 0 Å². The average Bonchev–Trinajstić information content (AvgIpc) is 3.07. The van der Waals surface area contributed by atoms with Crippen molar-refractivity contribution in [1.29, 1.82) is 0 Å². The van der Waals surface area contributed by atoms with Crippen LogP contribution in [0.15, 0.2) is 23.2 Å². The Morgan fingerprint density at radius 2 is 2.19 bits per heavy atom. The smallest absolute Gasteiger partial charge is 0.191 e. The summed E-state index contributed by atoms with van der Waals surface area (Å²) in [4.78, 5) is 4.26. The maximum atomic E-state index is 5.79. The van der Waals surface area contributed by atoms with Crippen molar-refractivity contribution in [2.45, 2.75) is 31.9 Å². The molecule has 1 aromatic rings. The largest absolute Gasteiger partial charge is 0.493 e. The fourth-order valence-electron chi connectivity index (χ4n) is 2.72. The van der Waals surface area contributed by atoms with Crippen LogP contribution in [0.3, 0.4) is 0 Å². The van der Waals surface area contributed by atoms with Crippen molar-refractivity contribution >= 4 is 29.9 Å². The molecule has 0 amide bonds. The molecule has 1 atom stereocenters. The van der Waals surface area contributed by atoms with E-state index in [4.69, 9.17) is 20.6 Å². The first-order valence-electron chi connectivity index (χ1n) is 8.42. The predicted molar refractivity (Wildman–Crippen MR) is 115 cm³/mol. The predicted octanol–water partition coefficient (Wildman–Crippen LogP) is 2.56. The quantitative estimate of drug-likeness (QED) is 0.276. The average molecular weight is 473 g/mol. The van der Waals surface area contributed by atoms with E-state index in [2.05, 4.69) is 28.5 Å². The summed E-state index contributed by atoms with van der Waals surface area (Å²) in [5, 5.41) is 6.62. The van der Waals surface area contributed by atoms with Gasteiger partial charge in [-0.25, -0.2) is 0 Å². The lowest BCUT2D eigenvalue weighted by atomic mass is 10.0. The molecule has 1 aliphatic heterocycles. The molecule has 1 aromatic carbocycles. The van der Waals surface area contributed by atoms with Gasteiger partial charge in [0.1, 0.15) is 6.61 Å². The molecule has 0 aliphatic carbocycles. The van der Waals surface area contributed by atoms with Crippen molar-refractivity contribution in [3.05, 3.63) is 23.8 Å². The highest BCUT2D eigenvalue weighted by Gasteiger charge is 2.29. The molecule has 0 bridgehead atoms. The molecule has 6 nitrogen and oxygen atoms in total. The van der Waals surface area contributed by atoms with Crippen molar-refractivity contribution in [2.24, 2.45) is 4.99 Å². The van der Waals surface area contributed by atoms with Crippen LogP contribution in [0.2, 0.25) is 0 Å². The third-order valence-electron chi connectivity index (χ3n) is 4.15. The molecular formula is C19H28IN3O3. The maximum Gasteiger partial charge on any atom is 0.191 e. The standard InChI is InChI=1S/C19H27N3O3.HI/c1-5-10-24-17-12-15(7-8-16(17)23-4)13-21-18(20-3)22-14-19(2)9-6-11-25-19;/h1,7-8,12H,6,9-11,13-14H2,2-4H3,(H2,20,21,22);1H. The second-order valence-corrected chi connectivity index (χ2v) is 6.16. The molecule has 1 fully saturated rings. The number of hydrogen-bond donors (Lipinski definition) is 2. The number of nitrogens with one attached hydrogen (secondary N) is 2. The summed E-state index contributed by atoms with van der Waals surface area (Å²) in [5.74, 6) is 4.49. The minimum absolute atomic E-state index is 0. The summed E-state index contributed by atoms with van der Waals surface area (Å²) < 4.78 is 16.6. The Hall–Kier alpha value is -1.66. The molecule has 1 unspecified atom stereocenters. The third kappa shape index (κ3) is 6.57. The van der Waals surface area contributed by atoms with Crippen molar-refractivity contribution in [1.82, 2.24) is 10.6 Å². The van der Waals surface area contributed by atoms with Gasteiger partial charge in [0, 0.05) is 26.7 Å². The molecule has 7 heteroatoms. The van der Waals surface area contributed by atoms with Crippen LogP contribution >= 0.6 is 24.0 Å². The van der Waals surface area contributed by atoms with Crippen LogP contribution in [-0.2, 0) is 11.3 Å². The van der Waals surface area contributed by atoms with Crippen LogP contribution in [0.5, 0.6) is 11.5 Å². The molecule has 26 heavy (non-hydrogen) atoms. The van der Waals surface area contributed by atoms with Gasteiger partial charge < -0.3 is 24.8 Å². The number of ether oxygens (including phenoxy) is 3. The van der Waals surface area contributed by atoms with Gasteiger partial charge in [-0.1, -0.05) is 12.0 Å². The topological polar surface area (TPSA) is 64.1 Å². The lowest BCUT2D eigenvalue weighted by Gasteiger charge is -2.24. The van der Waals surface area contributed by atoms with Crippen LogP contribution in [0, 0.1) is 12.3 Å². The maximum absolute atomic E-state index is 5.79. The van der Waals surface area contributed by atoms with Crippen molar-refractivity contribution in [2.75, 3.05) is 33.9 Å². The van der Waals surface area contributed by atoms with Gasteiger partial charge in [0.05, 0.1) is 12.7 Å². The van der Waals surface area contributed by atoms with Crippen LogP contribution in [-0.4, -0.2) is 45.5 Å². The molecule has 1 aliphatic rings. The Morgan fingerprint density at radius 3 is 2.81 bits per heavy atom. The third-order valence-corrected chi connectivity index (χ3v) is 4.15. The highest BCUT2D eigenvalue weighted by Crippen LogP contribution is 2.28. The van der Waals surface area contributed by atoms with E-state index in [1.54, 1.807) is 14.2 Å². The number of aliphatic imine (C=N–C) groups is 1. The number of benzene rings is 1. The monoisotopic (exact) mass is 473 g/mol. The van der Waals surface area contributed by atoms with E-state index in [9.17, 15) is 0 Å². The highest BCUT2D eigenvalue weighted by molar-refractivity contribution is 14.0. The van der Waals surface area contributed by atoms with Gasteiger partial charge in [0.15, 0.2) is 17.5 Å². The van der Waals surface area contributed by atoms with E-state index in [-0.39, 0.29) is 36.2 Å². The van der Waals surface area contributed by atoms with Crippen LogP contribution in [0.25, 0.3) is 0 Å². The number of rotatable bonds is 7. The van der Waals surface area contributed by atoms with Gasteiger partial charge in [0.25, 0.3) is 0 Å². The zero-order valence-electron chi connectivity index (χ0n) is 15.6. The first-order chi connectivity index (χ1) is 12.1. The Labute approximate surface area is 173 Å². The summed E-state index contributed by atoms with van der Waals surface area (Å²) in [6.07, 6.45) is 7.42. The Morgan fingerprint density at radius 1 is 1.38 bits per heavy atom. The van der Waals surface area contributed by atoms with Gasteiger partial charge in [-0.15, -0.1) is 30.4 Å². The lowest BCUT2D eigenvalue weighted by molar-refractivity contribution is 0.0243. The van der Waals surface area contributed by atoms with Crippen LogP contribution < -0.4 is 20.1 Å². The van der Waals surface area contributed by atoms with E-state index in [1.807, 2.05) is 18.2 Å². The summed E-state index contributed by atoms with van der Waals surface area (Å²) in [7, 11) is 3.36. The molecule has 2 rings (SSSR count). The van der Waals surface area contributed by atoms with E-state index in [0.717, 1.165) is 37.5 Å².